The highest BCUT2D eigenvalue weighted by Gasteiger charge is 2.30. The Morgan fingerprint density at radius 3 is 1.88 bits per heavy atom. The number of carbonyl (C=O) groups excluding carboxylic acids is 2. The maximum Gasteiger partial charge on any atom is 0.407 e. The number of nitrogens with zero attached hydrogens (tertiary/aromatic N) is 4. The molecule has 17 heteroatoms. The molecule has 4 rings (SSSR count). The Hall–Kier alpha value is -4.16. The number of hydrogen-bond donors (Lipinski definition) is 2. The Balaban J connectivity index is 1.07. The minimum absolute atomic E-state index is 0.119. The van der Waals surface area contributed by atoms with Crippen molar-refractivity contribution in [3.8, 4) is 11.4 Å². The van der Waals surface area contributed by atoms with Crippen LogP contribution in [-0.2, 0) is 38.0 Å². The Bertz CT molecular complexity index is 1700. The highest BCUT2D eigenvalue weighted by Crippen LogP contribution is 2.34. The number of aliphatic imine (C=N–C) groups is 1. The van der Waals surface area contributed by atoms with Crippen molar-refractivity contribution < 1.29 is 47.5 Å². The molecule has 1 aromatic heterocycles. The zero-order chi connectivity index (χ0) is 40.9. The Kier molecular flexibility index (Phi) is 19.6. The van der Waals surface area contributed by atoms with E-state index in [4.69, 9.17) is 54.5 Å². The van der Waals surface area contributed by atoms with Crippen molar-refractivity contribution in [2.24, 2.45) is 4.99 Å². The smallest absolute Gasteiger partial charge is 0.407 e. The highest BCUT2D eigenvalue weighted by molar-refractivity contribution is 6.30. The number of ether oxygens (including phenoxy) is 8. The summed E-state index contributed by atoms with van der Waals surface area (Å²) in [6.45, 7) is 15.6. The summed E-state index contributed by atoms with van der Waals surface area (Å²) in [7, 11) is 0. The fraction of sp³-hybridized carbons (Fsp3) is 0.575. The molecule has 0 bridgehead atoms. The molecule has 0 radical (unpaired) electrons. The van der Waals surface area contributed by atoms with Gasteiger partial charge in [0.2, 0.25) is 5.91 Å². The van der Waals surface area contributed by atoms with Gasteiger partial charge in [-0.25, -0.2) is 4.79 Å². The van der Waals surface area contributed by atoms with Gasteiger partial charge in [-0.15, -0.1) is 10.2 Å². The van der Waals surface area contributed by atoms with E-state index >= 15 is 0 Å². The van der Waals surface area contributed by atoms with Crippen LogP contribution < -0.4 is 15.4 Å². The molecule has 3 aromatic rings. The summed E-state index contributed by atoms with van der Waals surface area (Å²) >= 11 is 6.22. The van der Waals surface area contributed by atoms with Crippen LogP contribution in [-0.4, -0.2) is 137 Å². The molecule has 2 N–H and O–H groups in total. The quantitative estimate of drug-likeness (QED) is 0.108. The van der Waals surface area contributed by atoms with E-state index in [1.807, 2.05) is 81.7 Å². The van der Waals surface area contributed by atoms with Gasteiger partial charge in [0.25, 0.3) is 0 Å². The van der Waals surface area contributed by atoms with Gasteiger partial charge in [0.1, 0.15) is 29.8 Å². The summed E-state index contributed by atoms with van der Waals surface area (Å²) in [6, 6.07) is 12.7. The molecule has 57 heavy (non-hydrogen) atoms. The first kappa shape index (κ1) is 45.5. The molecule has 1 aliphatic rings. The topological polar surface area (TPSA) is 175 Å². The van der Waals surface area contributed by atoms with Gasteiger partial charge in [0.15, 0.2) is 5.82 Å². The number of nitrogens with one attached hydrogen (secondary N) is 2. The summed E-state index contributed by atoms with van der Waals surface area (Å²) in [5, 5.41) is 14.9. The number of halogens is 1. The van der Waals surface area contributed by atoms with Crippen LogP contribution in [0.25, 0.3) is 5.69 Å². The minimum atomic E-state index is -0.555. The van der Waals surface area contributed by atoms with Crippen molar-refractivity contribution in [3.05, 3.63) is 70.3 Å². The van der Waals surface area contributed by atoms with Crippen LogP contribution in [0.1, 0.15) is 62.9 Å². The van der Waals surface area contributed by atoms with E-state index in [1.165, 1.54) is 0 Å². The molecule has 1 aliphatic heterocycles. The standard InChI is InChI=1S/C40H57ClN6O10/c1-6-42-36(48)28-34-38-46-45-29(2)47(38)35-12-11-32(27-33(35)37(44-34)30-7-9-31(41)10-8-30)56-26-25-55-24-23-54-22-21-53-20-19-52-18-17-51-16-15-50-14-13-43-39(49)57-40(3,4)5/h7-12,27,34H,6,13-26,28H2,1-5H3,(H,42,48)(H,43,49)/t34-/m0/s1. The Labute approximate surface area is 339 Å². The lowest BCUT2D eigenvalue weighted by Gasteiger charge is -2.19. The molecule has 2 heterocycles. The number of fused-ring (bicyclic) bond motifs is 3. The van der Waals surface area contributed by atoms with E-state index in [1.54, 1.807) is 0 Å². The molecule has 2 amide bonds. The van der Waals surface area contributed by atoms with Crippen molar-refractivity contribution in [3.63, 3.8) is 0 Å². The van der Waals surface area contributed by atoms with E-state index in [-0.39, 0.29) is 12.3 Å². The third kappa shape index (κ3) is 16.3. The monoisotopic (exact) mass is 816 g/mol. The lowest BCUT2D eigenvalue weighted by molar-refractivity contribution is -0.121. The molecule has 1 atom stereocenters. The summed E-state index contributed by atoms with van der Waals surface area (Å²) in [6.07, 6.45) is -0.336. The number of alkyl carbamates (subject to hydrolysis) is 1. The third-order valence-electron chi connectivity index (χ3n) is 8.04. The average Bonchev–Trinajstić information content (AvgIpc) is 3.49. The van der Waals surface area contributed by atoms with Crippen LogP contribution in [0.4, 0.5) is 4.79 Å². The van der Waals surface area contributed by atoms with Crippen LogP contribution in [0.5, 0.6) is 5.75 Å². The second-order valence-electron chi connectivity index (χ2n) is 13.7. The molecular formula is C40H57ClN6O10. The lowest BCUT2D eigenvalue weighted by atomic mass is 10.00. The molecule has 0 saturated carbocycles. The maximum absolute atomic E-state index is 12.7. The van der Waals surface area contributed by atoms with Gasteiger partial charge in [-0.2, -0.15) is 0 Å². The second kappa shape index (κ2) is 24.6. The summed E-state index contributed by atoms with van der Waals surface area (Å²) in [5.74, 6) is 1.80. The fourth-order valence-electron chi connectivity index (χ4n) is 5.54. The first-order valence-corrected chi connectivity index (χ1v) is 19.7. The van der Waals surface area contributed by atoms with Crippen LogP contribution in [0.2, 0.25) is 5.02 Å². The molecule has 0 saturated heterocycles. The van der Waals surface area contributed by atoms with Crippen LogP contribution in [0.3, 0.4) is 0 Å². The predicted molar refractivity (Wildman–Crippen MR) is 214 cm³/mol. The molecule has 0 aliphatic carbocycles. The van der Waals surface area contributed by atoms with Gasteiger partial charge < -0.3 is 48.5 Å². The normalized spacial score (nSPS) is 13.6. The molecule has 16 nitrogen and oxygen atoms in total. The second-order valence-corrected chi connectivity index (χ2v) is 14.2. The molecule has 0 unspecified atom stereocenters. The number of hydrogen-bond acceptors (Lipinski definition) is 13. The number of carbonyl (C=O) groups is 2. The van der Waals surface area contributed by atoms with E-state index in [2.05, 4.69) is 20.8 Å². The van der Waals surface area contributed by atoms with Crippen molar-refractivity contribution in [2.75, 3.05) is 99.0 Å². The predicted octanol–water partition coefficient (Wildman–Crippen LogP) is 4.65. The minimum Gasteiger partial charge on any atom is -0.491 e. The van der Waals surface area contributed by atoms with Gasteiger partial charge in [-0.1, -0.05) is 23.7 Å². The van der Waals surface area contributed by atoms with Gasteiger partial charge in [-0.3, -0.25) is 14.4 Å². The number of aryl methyl sites for hydroxylation is 1. The maximum atomic E-state index is 12.7. The SMILES string of the molecule is CCNC(=O)C[C@@H]1N=C(c2ccc(Cl)cc2)c2cc(OCCOCCOCCOCCOCCOCCOCCNC(=O)OC(C)(C)C)ccc2-n2c(C)nnc21. The van der Waals surface area contributed by atoms with Gasteiger partial charge in [0, 0.05) is 29.2 Å². The van der Waals surface area contributed by atoms with Crippen molar-refractivity contribution in [2.45, 2.75) is 52.7 Å². The number of amides is 2. The largest absolute Gasteiger partial charge is 0.491 e. The summed E-state index contributed by atoms with van der Waals surface area (Å²) < 4.78 is 46.4. The summed E-state index contributed by atoms with van der Waals surface area (Å²) in [4.78, 5) is 29.4. The van der Waals surface area contributed by atoms with Crippen LogP contribution in [0.15, 0.2) is 47.5 Å². The van der Waals surface area contributed by atoms with Gasteiger partial charge in [0.05, 0.1) is 97.1 Å². The van der Waals surface area contributed by atoms with E-state index < -0.39 is 17.7 Å². The molecular weight excluding hydrogens is 760 g/mol. The average molecular weight is 817 g/mol. The van der Waals surface area contributed by atoms with E-state index in [0.29, 0.717) is 127 Å². The van der Waals surface area contributed by atoms with Crippen LogP contribution >= 0.6 is 11.6 Å². The third-order valence-corrected chi connectivity index (χ3v) is 8.29. The van der Waals surface area contributed by atoms with Crippen molar-refractivity contribution in [1.29, 1.82) is 0 Å². The van der Waals surface area contributed by atoms with Crippen molar-refractivity contribution >= 4 is 29.3 Å². The van der Waals surface area contributed by atoms with E-state index in [9.17, 15) is 9.59 Å². The first-order chi connectivity index (χ1) is 27.6. The van der Waals surface area contributed by atoms with Gasteiger partial charge in [-0.05, 0) is 65.0 Å². The number of aromatic nitrogens is 3. The fourth-order valence-corrected chi connectivity index (χ4v) is 5.67. The van der Waals surface area contributed by atoms with Crippen molar-refractivity contribution in [1.82, 2.24) is 25.4 Å². The van der Waals surface area contributed by atoms with Crippen LogP contribution in [0, 0.1) is 6.92 Å². The Morgan fingerprint density at radius 2 is 1.32 bits per heavy atom. The molecule has 0 spiro atoms. The Morgan fingerprint density at radius 1 is 0.754 bits per heavy atom. The zero-order valence-corrected chi connectivity index (χ0v) is 34.4. The molecule has 314 valence electrons. The lowest BCUT2D eigenvalue weighted by Crippen LogP contribution is -2.34. The van der Waals surface area contributed by atoms with E-state index in [0.717, 1.165) is 16.8 Å². The number of rotatable bonds is 26. The summed E-state index contributed by atoms with van der Waals surface area (Å²) in [5.41, 5.74) is 2.68. The molecule has 0 fully saturated rings. The van der Waals surface area contributed by atoms with Gasteiger partial charge >= 0.3 is 6.09 Å². The zero-order valence-electron chi connectivity index (χ0n) is 33.7. The number of benzene rings is 2. The first-order valence-electron chi connectivity index (χ1n) is 19.3. The highest BCUT2D eigenvalue weighted by atomic mass is 35.5. The molecule has 2 aromatic carbocycles.